The van der Waals surface area contributed by atoms with Crippen LogP contribution in [-0.2, 0) is 18.1 Å². The number of aliphatic hydroxyl groups excluding tert-OH is 1. The topological polar surface area (TPSA) is 77.0 Å². The van der Waals surface area contributed by atoms with Crippen LogP contribution in [-0.4, -0.2) is 52.3 Å². The summed E-state index contributed by atoms with van der Waals surface area (Å²) in [4.78, 5) is 12.0. The second-order valence-corrected chi connectivity index (χ2v) is 9.92. The van der Waals surface area contributed by atoms with E-state index < -0.39 is 8.80 Å². The van der Waals surface area contributed by atoms with Gasteiger partial charge >= 0.3 is 8.80 Å². The molecule has 0 radical (unpaired) electrons. The fourth-order valence-electron chi connectivity index (χ4n) is 3.24. The van der Waals surface area contributed by atoms with Gasteiger partial charge in [-0.05, 0) is 46.5 Å². The molecule has 0 heterocycles. The molecule has 0 aliphatic heterocycles. The van der Waals surface area contributed by atoms with Crippen LogP contribution in [0.4, 0.5) is 0 Å². The first-order valence-corrected chi connectivity index (χ1v) is 13.3. The predicted octanol–water partition coefficient (Wildman–Crippen LogP) is 4.43. The normalized spacial score (nSPS) is 12.9. The highest BCUT2D eigenvalue weighted by atomic mass is 28.4. The second-order valence-electron chi connectivity index (χ2n) is 7.18. The summed E-state index contributed by atoms with van der Waals surface area (Å²) in [6.45, 7) is 10.4. The molecular formula is C21H45NO5Si. The molecule has 0 aromatic heterocycles. The Labute approximate surface area is 174 Å². The van der Waals surface area contributed by atoms with Crippen LogP contribution in [0.15, 0.2) is 0 Å². The standard InChI is InChI=1S/C21H45NO5Si/c1-5-9-10-11-15-20(23)16-12-13-17-21(24)22-18-14-19-28(25-6-2,26-7-3)27-8-4/h20,23H,5-19H2,1-4H3,(H,22,24). The quantitative estimate of drug-likeness (QED) is 0.225. The molecule has 0 saturated carbocycles. The van der Waals surface area contributed by atoms with E-state index in [4.69, 9.17) is 13.3 Å². The SMILES string of the molecule is CCCCCCC(O)CCCCC(=O)NCCC[Si](OCC)(OCC)OCC. The molecule has 2 N–H and O–H groups in total. The fourth-order valence-corrected chi connectivity index (χ4v) is 5.85. The molecular weight excluding hydrogens is 374 g/mol. The number of carbonyl (C=O) groups excluding carboxylic acids is 1. The van der Waals surface area contributed by atoms with Crippen molar-refractivity contribution in [2.24, 2.45) is 0 Å². The average Bonchev–Trinajstić information content (AvgIpc) is 2.66. The van der Waals surface area contributed by atoms with E-state index in [1.807, 2.05) is 20.8 Å². The smallest absolute Gasteiger partial charge is 0.393 e. The van der Waals surface area contributed by atoms with Crippen molar-refractivity contribution >= 4 is 14.7 Å². The van der Waals surface area contributed by atoms with Gasteiger partial charge < -0.3 is 23.7 Å². The minimum atomic E-state index is -2.61. The Balaban J connectivity index is 3.85. The zero-order chi connectivity index (χ0) is 21.1. The van der Waals surface area contributed by atoms with E-state index in [0.29, 0.717) is 38.8 Å². The molecule has 0 spiro atoms. The van der Waals surface area contributed by atoms with Crippen LogP contribution >= 0.6 is 0 Å². The van der Waals surface area contributed by atoms with Gasteiger partial charge in [-0.3, -0.25) is 4.79 Å². The van der Waals surface area contributed by atoms with Crippen molar-refractivity contribution in [3.8, 4) is 0 Å². The molecule has 0 saturated heterocycles. The van der Waals surface area contributed by atoms with E-state index in [2.05, 4.69) is 12.2 Å². The molecule has 28 heavy (non-hydrogen) atoms. The lowest BCUT2D eigenvalue weighted by atomic mass is 10.0. The Morgan fingerprint density at radius 2 is 1.43 bits per heavy atom. The summed E-state index contributed by atoms with van der Waals surface area (Å²) in [5, 5.41) is 12.9. The number of hydrogen-bond donors (Lipinski definition) is 2. The first-order valence-electron chi connectivity index (χ1n) is 11.4. The molecule has 168 valence electrons. The number of rotatable bonds is 20. The highest BCUT2D eigenvalue weighted by Crippen LogP contribution is 2.18. The Kier molecular flexibility index (Phi) is 18.2. The largest absolute Gasteiger partial charge is 0.500 e. The Bertz CT molecular complexity index is 354. The lowest BCUT2D eigenvalue weighted by Gasteiger charge is -2.28. The summed E-state index contributed by atoms with van der Waals surface area (Å²) < 4.78 is 17.5. The molecule has 0 bridgehead atoms. The van der Waals surface area contributed by atoms with Crippen molar-refractivity contribution in [1.82, 2.24) is 5.32 Å². The molecule has 0 aliphatic rings. The van der Waals surface area contributed by atoms with Crippen molar-refractivity contribution < 1.29 is 23.2 Å². The molecule has 7 heteroatoms. The maximum Gasteiger partial charge on any atom is 0.500 e. The van der Waals surface area contributed by atoms with E-state index in [-0.39, 0.29) is 12.0 Å². The maximum atomic E-state index is 12.0. The van der Waals surface area contributed by atoms with E-state index >= 15 is 0 Å². The molecule has 0 aliphatic carbocycles. The number of nitrogens with one attached hydrogen (secondary N) is 1. The van der Waals surface area contributed by atoms with Crippen molar-refractivity contribution in [3.05, 3.63) is 0 Å². The van der Waals surface area contributed by atoms with Crippen LogP contribution in [0.3, 0.4) is 0 Å². The third-order valence-corrected chi connectivity index (χ3v) is 7.81. The highest BCUT2D eigenvalue weighted by Gasteiger charge is 2.39. The number of amides is 1. The fraction of sp³-hybridized carbons (Fsp3) is 0.952. The predicted molar refractivity (Wildman–Crippen MR) is 116 cm³/mol. The van der Waals surface area contributed by atoms with E-state index in [0.717, 1.165) is 38.5 Å². The number of hydrogen-bond acceptors (Lipinski definition) is 5. The summed E-state index contributed by atoms with van der Waals surface area (Å²) in [6.07, 6.45) is 9.28. The van der Waals surface area contributed by atoms with Crippen LogP contribution < -0.4 is 5.32 Å². The van der Waals surface area contributed by atoms with Gasteiger partial charge in [0.25, 0.3) is 0 Å². The molecule has 1 atom stereocenters. The second kappa shape index (κ2) is 18.5. The molecule has 0 aromatic carbocycles. The van der Waals surface area contributed by atoms with Crippen molar-refractivity contribution in [2.45, 2.75) is 104 Å². The molecule has 6 nitrogen and oxygen atoms in total. The van der Waals surface area contributed by atoms with Gasteiger partial charge in [-0.25, -0.2) is 0 Å². The van der Waals surface area contributed by atoms with Crippen LogP contribution in [0.1, 0.15) is 91.9 Å². The van der Waals surface area contributed by atoms with Crippen LogP contribution in [0, 0.1) is 0 Å². The summed E-state index contributed by atoms with van der Waals surface area (Å²) in [5.41, 5.74) is 0. The number of carbonyl (C=O) groups is 1. The van der Waals surface area contributed by atoms with Gasteiger partial charge in [-0.2, -0.15) is 0 Å². The Morgan fingerprint density at radius 1 is 0.857 bits per heavy atom. The summed E-state index contributed by atoms with van der Waals surface area (Å²) in [7, 11) is -2.61. The third kappa shape index (κ3) is 14.5. The molecule has 0 fully saturated rings. The first-order chi connectivity index (χ1) is 13.5. The lowest BCUT2D eigenvalue weighted by molar-refractivity contribution is -0.121. The van der Waals surface area contributed by atoms with Crippen LogP contribution in [0.5, 0.6) is 0 Å². The first kappa shape index (κ1) is 27.5. The van der Waals surface area contributed by atoms with Gasteiger partial charge in [0.15, 0.2) is 0 Å². The highest BCUT2D eigenvalue weighted by molar-refractivity contribution is 6.60. The lowest BCUT2D eigenvalue weighted by Crippen LogP contribution is -2.46. The van der Waals surface area contributed by atoms with Crippen molar-refractivity contribution in [1.29, 1.82) is 0 Å². The Morgan fingerprint density at radius 3 is 1.96 bits per heavy atom. The molecule has 0 rings (SSSR count). The monoisotopic (exact) mass is 419 g/mol. The average molecular weight is 420 g/mol. The van der Waals surface area contributed by atoms with Crippen LogP contribution in [0.25, 0.3) is 0 Å². The van der Waals surface area contributed by atoms with Gasteiger partial charge in [0.1, 0.15) is 0 Å². The molecule has 1 amide bonds. The zero-order valence-corrected chi connectivity index (χ0v) is 19.8. The molecule has 1 unspecified atom stereocenters. The van der Waals surface area contributed by atoms with E-state index in [1.54, 1.807) is 0 Å². The van der Waals surface area contributed by atoms with Gasteiger partial charge in [0, 0.05) is 38.8 Å². The van der Waals surface area contributed by atoms with Gasteiger partial charge in [0.05, 0.1) is 6.10 Å². The maximum absolute atomic E-state index is 12.0. The van der Waals surface area contributed by atoms with E-state index in [9.17, 15) is 9.90 Å². The number of aliphatic hydroxyl groups is 1. The van der Waals surface area contributed by atoms with Crippen LogP contribution in [0.2, 0.25) is 6.04 Å². The zero-order valence-electron chi connectivity index (χ0n) is 18.8. The van der Waals surface area contributed by atoms with Crippen molar-refractivity contribution in [3.63, 3.8) is 0 Å². The minimum absolute atomic E-state index is 0.0777. The number of unbranched alkanes of at least 4 members (excludes halogenated alkanes) is 4. The summed E-state index contributed by atoms with van der Waals surface area (Å²) >= 11 is 0. The molecule has 0 aromatic rings. The van der Waals surface area contributed by atoms with Gasteiger partial charge in [0.2, 0.25) is 5.91 Å². The van der Waals surface area contributed by atoms with Crippen molar-refractivity contribution in [2.75, 3.05) is 26.4 Å². The summed E-state index contributed by atoms with van der Waals surface area (Å²) in [5.74, 6) is 0.0777. The van der Waals surface area contributed by atoms with E-state index in [1.165, 1.54) is 19.3 Å². The Hall–Kier alpha value is -0.473. The summed E-state index contributed by atoms with van der Waals surface area (Å²) in [6, 6.07) is 0.715. The van der Waals surface area contributed by atoms with Gasteiger partial charge in [-0.15, -0.1) is 0 Å². The van der Waals surface area contributed by atoms with Gasteiger partial charge in [-0.1, -0.05) is 39.0 Å². The minimum Gasteiger partial charge on any atom is -0.393 e. The third-order valence-electron chi connectivity index (χ3n) is 4.66.